The number of hydrogen-bond donors (Lipinski definition) is 0. The van der Waals surface area contributed by atoms with Crippen LogP contribution in [0.4, 0.5) is 0 Å². The van der Waals surface area contributed by atoms with Gasteiger partial charge in [0.1, 0.15) is 11.6 Å². The summed E-state index contributed by atoms with van der Waals surface area (Å²) >= 11 is 0. The fraction of sp³-hybridized carbons (Fsp3) is 0.857. The van der Waals surface area contributed by atoms with Crippen LogP contribution in [0.3, 0.4) is 0 Å². The van der Waals surface area contributed by atoms with E-state index in [0.717, 1.165) is 18.9 Å². The lowest BCUT2D eigenvalue weighted by Crippen LogP contribution is -2.32. The molecule has 1 aromatic heterocycles. The summed E-state index contributed by atoms with van der Waals surface area (Å²) in [5, 5.41) is 8.91. The summed E-state index contributed by atoms with van der Waals surface area (Å²) in [6.07, 6.45) is 5.19. The normalized spacial score (nSPS) is 26.1. The molecule has 3 heterocycles. The van der Waals surface area contributed by atoms with Crippen molar-refractivity contribution in [3.05, 3.63) is 11.6 Å². The van der Waals surface area contributed by atoms with E-state index < -0.39 is 0 Å². The summed E-state index contributed by atoms with van der Waals surface area (Å²) in [6, 6.07) is 0. The minimum absolute atomic E-state index is 0.559. The van der Waals surface area contributed by atoms with E-state index in [4.69, 9.17) is 0 Å². The quantitative estimate of drug-likeness (QED) is 0.822. The third kappa shape index (κ3) is 2.82. The predicted molar refractivity (Wildman–Crippen MR) is 75.0 cm³/mol. The Labute approximate surface area is 115 Å². The fourth-order valence-corrected chi connectivity index (χ4v) is 3.39. The van der Waals surface area contributed by atoms with Gasteiger partial charge < -0.3 is 9.47 Å². The van der Waals surface area contributed by atoms with E-state index in [0.29, 0.717) is 5.92 Å². The third-order valence-electron chi connectivity index (χ3n) is 4.55. The van der Waals surface area contributed by atoms with Crippen molar-refractivity contribution in [2.75, 3.05) is 33.2 Å². The number of hydrogen-bond acceptors (Lipinski definition) is 4. The molecule has 0 amide bonds. The summed E-state index contributed by atoms with van der Waals surface area (Å²) in [6.45, 7) is 5.74. The predicted octanol–water partition coefficient (Wildman–Crippen LogP) is 1.22. The minimum atomic E-state index is 0.559. The Morgan fingerprint density at radius 1 is 1.05 bits per heavy atom. The molecule has 3 rings (SSSR count). The third-order valence-corrected chi connectivity index (χ3v) is 4.55. The highest BCUT2D eigenvalue weighted by molar-refractivity contribution is 5.04. The molecule has 2 aliphatic rings. The number of rotatable bonds is 3. The van der Waals surface area contributed by atoms with Crippen molar-refractivity contribution in [3.8, 4) is 0 Å². The average molecular weight is 263 g/mol. The van der Waals surface area contributed by atoms with E-state index in [2.05, 4.69) is 38.7 Å². The van der Waals surface area contributed by atoms with Crippen LogP contribution in [-0.4, -0.2) is 57.8 Å². The Balaban J connectivity index is 1.70. The topological polar surface area (TPSA) is 37.2 Å². The first-order valence-corrected chi connectivity index (χ1v) is 7.53. The Hall–Kier alpha value is -0.940. The molecule has 1 aromatic rings. The summed E-state index contributed by atoms with van der Waals surface area (Å²) in [5.74, 6) is 2.87. The maximum Gasteiger partial charge on any atom is 0.146 e. The van der Waals surface area contributed by atoms with Crippen molar-refractivity contribution in [2.45, 2.75) is 38.1 Å². The van der Waals surface area contributed by atoms with E-state index in [1.807, 2.05) is 0 Å². The SMILES string of the molecule is CN1CCC[C@H](c2nnc(CN3CCCC3)n2C)C1. The summed E-state index contributed by atoms with van der Waals surface area (Å²) in [5.41, 5.74) is 0. The molecule has 19 heavy (non-hydrogen) atoms. The molecule has 0 aliphatic carbocycles. The van der Waals surface area contributed by atoms with Gasteiger partial charge in [0.25, 0.3) is 0 Å². The average Bonchev–Trinajstić information content (AvgIpc) is 3.01. The number of aromatic nitrogens is 3. The van der Waals surface area contributed by atoms with Crippen LogP contribution in [0, 0.1) is 0 Å². The molecule has 2 fully saturated rings. The van der Waals surface area contributed by atoms with Gasteiger partial charge in [0.05, 0.1) is 6.54 Å². The summed E-state index contributed by atoms with van der Waals surface area (Å²) in [4.78, 5) is 4.89. The first kappa shape index (κ1) is 13.1. The largest absolute Gasteiger partial charge is 0.317 e. The van der Waals surface area contributed by atoms with Crippen molar-refractivity contribution >= 4 is 0 Å². The zero-order valence-electron chi connectivity index (χ0n) is 12.2. The first-order valence-electron chi connectivity index (χ1n) is 7.53. The van der Waals surface area contributed by atoms with Gasteiger partial charge in [-0.3, -0.25) is 4.90 Å². The molecule has 106 valence electrons. The van der Waals surface area contributed by atoms with Gasteiger partial charge >= 0.3 is 0 Å². The van der Waals surface area contributed by atoms with Crippen molar-refractivity contribution in [1.29, 1.82) is 0 Å². The van der Waals surface area contributed by atoms with Crippen molar-refractivity contribution < 1.29 is 0 Å². The molecule has 1 atom stereocenters. The highest BCUT2D eigenvalue weighted by Crippen LogP contribution is 2.25. The van der Waals surface area contributed by atoms with Gasteiger partial charge in [-0.05, 0) is 52.4 Å². The van der Waals surface area contributed by atoms with Gasteiger partial charge in [0.2, 0.25) is 0 Å². The molecule has 0 saturated carbocycles. The Bertz CT molecular complexity index is 421. The van der Waals surface area contributed by atoms with Crippen LogP contribution >= 0.6 is 0 Å². The summed E-state index contributed by atoms with van der Waals surface area (Å²) < 4.78 is 2.24. The zero-order chi connectivity index (χ0) is 13.2. The molecule has 0 spiro atoms. The van der Waals surface area contributed by atoms with Crippen LogP contribution < -0.4 is 0 Å². The van der Waals surface area contributed by atoms with E-state index in [-0.39, 0.29) is 0 Å². The number of piperidine rings is 1. The van der Waals surface area contributed by atoms with Crippen LogP contribution in [0.1, 0.15) is 43.3 Å². The first-order chi connectivity index (χ1) is 9.24. The Morgan fingerprint density at radius 2 is 1.84 bits per heavy atom. The molecule has 2 aliphatic heterocycles. The second-order valence-corrected chi connectivity index (χ2v) is 6.12. The van der Waals surface area contributed by atoms with E-state index >= 15 is 0 Å². The highest BCUT2D eigenvalue weighted by Gasteiger charge is 2.25. The van der Waals surface area contributed by atoms with Gasteiger partial charge in [0, 0.05) is 19.5 Å². The van der Waals surface area contributed by atoms with E-state index in [9.17, 15) is 0 Å². The Kier molecular flexibility index (Phi) is 3.84. The maximum absolute atomic E-state index is 4.48. The van der Waals surface area contributed by atoms with Crippen molar-refractivity contribution in [3.63, 3.8) is 0 Å². The molecule has 0 unspecified atom stereocenters. The number of likely N-dealkylation sites (N-methyl/N-ethyl adjacent to an activating group) is 1. The summed E-state index contributed by atoms with van der Waals surface area (Å²) in [7, 11) is 4.34. The van der Waals surface area contributed by atoms with Crippen molar-refractivity contribution in [1.82, 2.24) is 24.6 Å². The van der Waals surface area contributed by atoms with Crippen LogP contribution in [0.25, 0.3) is 0 Å². The van der Waals surface area contributed by atoms with Crippen molar-refractivity contribution in [2.24, 2.45) is 7.05 Å². The highest BCUT2D eigenvalue weighted by atomic mass is 15.3. The number of likely N-dealkylation sites (tertiary alicyclic amines) is 2. The molecular formula is C14H25N5. The second kappa shape index (κ2) is 5.59. The van der Waals surface area contributed by atoms with E-state index in [1.54, 1.807) is 0 Å². The monoisotopic (exact) mass is 263 g/mol. The molecule has 0 aromatic carbocycles. The number of nitrogens with zero attached hydrogens (tertiary/aromatic N) is 5. The van der Waals surface area contributed by atoms with Gasteiger partial charge in [-0.25, -0.2) is 0 Å². The fourth-order valence-electron chi connectivity index (χ4n) is 3.39. The van der Waals surface area contributed by atoms with Crippen LogP contribution in [-0.2, 0) is 13.6 Å². The van der Waals surface area contributed by atoms with Gasteiger partial charge in [-0.2, -0.15) is 0 Å². The van der Waals surface area contributed by atoms with Gasteiger partial charge in [0.15, 0.2) is 0 Å². The van der Waals surface area contributed by atoms with Crippen LogP contribution in [0.5, 0.6) is 0 Å². The van der Waals surface area contributed by atoms with Gasteiger partial charge in [-0.1, -0.05) is 0 Å². The molecule has 5 heteroatoms. The van der Waals surface area contributed by atoms with Gasteiger partial charge in [-0.15, -0.1) is 10.2 Å². The molecule has 0 radical (unpaired) electrons. The van der Waals surface area contributed by atoms with Crippen LogP contribution in [0.2, 0.25) is 0 Å². The molecule has 2 saturated heterocycles. The lowest BCUT2D eigenvalue weighted by atomic mass is 9.98. The lowest BCUT2D eigenvalue weighted by molar-refractivity contribution is 0.243. The lowest BCUT2D eigenvalue weighted by Gasteiger charge is -2.29. The van der Waals surface area contributed by atoms with Crippen LogP contribution in [0.15, 0.2) is 0 Å². The molecule has 0 N–H and O–H groups in total. The maximum atomic E-state index is 4.48. The molecule has 5 nitrogen and oxygen atoms in total. The smallest absolute Gasteiger partial charge is 0.146 e. The standard InChI is InChI=1S/C14H25N5/c1-17-7-5-6-12(10-17)14-16-15-13(18(14)2)11-19-8-3-4-9-19/h12H,3-11H2,1-2H3/t12-/m0/s1. The molecule has 0 bridgehead atoms. The minimum Gasteiger partial charge on any atom is -0.317 e. The Morgan fingerprint density at radius 3 is 2.58 bits per heavy atom. The second-order valence-electron chi connectivity index (χ2n) is 6.12. The van der Waals surface area contributed by atoms with E-state index in [1.165, 1.54) is 51.1 Å². The molecular weight excluding hydrogens is 238 g/mol. The zero-order valence-corrected chi connectivity index (χ0v) is 12.2.